The van der Waals surface area contributed by atoms with Crippen molar-refractivity contribution in [3.63, 3.8) is 0 Å². The fraction of sp³-hybridized carbons (Fsp3) is 0.400. The van der Waals surface area contributed by atoms with Gasteiger partial charge in [-0.05, 0) is 17.7 Å². The summed E-state index contributed by atoms with van der Waals surface area (Å²) in [7, 11) is 1.39. The Kier molecular flexibility index (Phi) is 3.36. The molecule has 0 bridgehead atoms. The zero-order chi connectivity index (χ0) is 14.1. The molecule has 0 N–H and O–H groups in total. The highest BCUT2D eigenvalue weighted by Crippen LogP contribution is 2.43. The van der Waals surface area contributed by atoms with Gasteiger partial charge < -0.3 is 18.9 Å². The van der Waals surface area contributed by atoms with Gasteiger partial charge in [0.2, 0.25) is 6.79 Å². The molecular formula is C15H16O5. The Bertz CT molecular complexity index is 539. The summed E-state index contributed by atoms with van der Waals surface area (Å²) in [6.07, 6.45) is 1.54. The maximum Gasteiger partial charge on any atom is 0.311 e. The van der Waals surface area contributed by atoms with Gasteiger partial charge >= 0.3 is 5.97 Å². The van der Waals surface area contributed by atoms with Gasteiger partial charge in [0.25, 0.3) is 0 Å². The number of hydrogen-bond donors (Lipinski definition) is 0. The van der Waals surface area contributed by atoms with E-state index in [4.69, 9.17) is 18.9 Å². The van der Waals surface area contributed by atoms with Crippen molar-refractivity contribution in [3.8, 4) is 11.5 Å². The van der Waals surface area contributed by atoms with Crippen LogP contribution in [0.15, 0.2) is 30.9 Å². The van der Waals surface area contributed by atoms with Gasteiger partial charge in [0.05, 0.1) is 25.7 Å². The quantitative estimate of drug-likeness (QED) is 0.625. The second kappa shape index (κ2) is 5.17. The number of hydrogen-bond acceptors (Lipinski definition) is 5. The SMILES string of the molecule is C=C[C@H]1[C@@H](C(=O)OC)CO[C@@H]1c1ccc2c(c1)OCO2. The first-order valence-electron chi connectivity index (χ1n) is 6.46. The highest BCUT2D eigenvalue weighted by Gasteiger charge is 2.41. The maximum atomic E-state index is 11.8. The highest BCUT2D eigenvalue weighted by molar-refractivity contribution is 5.73. The molecular weight excluding hydrogens is 260 g/mol. The van der Waals surface area contributed by atoms with E-state index < -0.39 is 0 Å². The number of ether oxygens (including phenoxy) is 4. The normalized spacial score (nSPS) is 27.4. The van der Waals surface area contributed by atoms with Gasteiger partial charge in [-0.25, -0.2) is 0 Å². The van der Waals surface area contributed by atoms with Gasteiger partial charge in [0.15, 0.2) is 11.5 Å². The number of fused-ring (bicyclic) bond motifs is 1. The molecule has 2 aliphatic rings. The molecule has 0 radical (unpaired) electrons. The lowest BCUT2D eigenvalue weighted by atomic mass is 9.87. The van der Waals surface area contributed by atoms with Crippen LogP contribution in [0.4, 0.5) is 0 Å². The monoisotopic (exact) mass is 276 g/mol. The predicted molar refractivity (Wildman–Crippen MR) is 70.5 cm³/mol. The van der Waals surface area contributed by atoms with E-state index in [2.05, 4.69) is 6.58 Å². The Labute approximate surface area is 117 Å². The number of rotatable bonds is 3. The minimum Gasteiger partial charge on any atom is -0.469 e. The molecule has 2 heterocycles. The molecule has 106 valence electrons. The van der Waals surface area contributed by atoms with Gasteiger partial charge in [-0.15, -0.1) is 6.58 Å². The van der Waals surface area contributed by atoms with Gasteiger partial charge in [-0.3, -0.25) is 4.79 Å². The topological polar surface area (TPSA) is 54.0 Å². The summed E-state index contributed by atoms with van der Waals surface area (Å²) in [5.41, 5.74) is 0.950. The second-order valence-electron chi connectivity index (χ2n) is 4.81. The van der Waals surface area contributed by atoms with Crippen molar-refractivity contribution in [1.82, 2.24) is 0 Å². The fourth-order valence-corrected chi connectivity index (χ4v) is 2.71. The van der Waals surface area contributed by atoms with E-state index >= 15 is 0 Å². The van der Waals surface area contributed by atoms with Crippen LogP contribution in [0.2, 0.25) is 0 Å². The highest BCUT2D eigenvalue weighted by atomic mass is 16.7. The first-order valence-corrected chi connectivity index (χ1v) is 6.46. The van der Waals surface area contributed by atoms with Crippen LogP contribution in [-0.2, 0) is 14.3 Å². The third-order valence-electron chi connectivity index (χ3n) is 3.77. The maximum absolute atomic E-state index is 11.8. The lowest BCUT2D eigenvalue weighted by Crippen LogP contribution is -2.23. The smallest absolute Gasteiger partial charge is 0.311 e. The third kappa shape index (κ3) is 2.04. The molecule has 0 unspecified atom stereocenters. The van der Waals surface area contributed by atoms with Gasteiger partial charge in [-0.1, -0.05) is 12.1 Å². The third-order valence-corrected chi connectivity index (χ3v) is 3.77. The van der Waals surface area contributed by atoms with Crippen molar-refractivity contribution in [2.45, 2.75) is 6.10 Å². The Morgan fingerprint density at radius 3 is 2.95 bits per heavy atom. The molecule has 1 saturated heterocycles. The molecule has 0 aromatic heterocycles. The summed E-state index contributed by atoms with van der Waals surface area (Å²) >= 11 is 0. The summed E-state index contributed by atoms with van der Waals surface area (Å²) in [4.78, 5) is 11.8. The van der Waals surface area contributed by atoms with Crippen molar-refractivity contribution in [2.75, 3.05) is 20.5 Å². The molecule has 1 fully saturated rings. The average molecular weight is 276 g/mol. The predicted octanol–water partition coefficient (Wildman–Crippen LogP) is 2.08. The lowest BCUT2D eigenvalue weighted by molar-refractivity contribution is -0.146. The van der Waals surface area contributed by atoms with Crippen LogP contribution in [-0.4, -0.2) is 26.5 Å². The number of methoxy groups -OCH3 is 1. The van der Waals surface area contributed by atoms with Crippen molar-refractivity contribution >= 4 is 5.97 Å². The average Bonchev–Trinajstić information content (AvgIpc) is 3.11. The largest absolute Gasteiger partial charge is 0.469 e. The number of carbonyl (C=O) groups excluding carboxylic acids is 1. The summed E-state index contributed by atoms with van der Waals surface area (Å²) < 4.78 is 21.2. The molecule has 5 heteroatoms. The van der Waals surface area contributed by atoms with Gasteiger partial charge in [0.1, 0.15) is 0 Å². The Balaban J connectivity index is 1.87. The van der Waals surface area contributed by atoms with E-state index in [1.165, 1.54) is 7.11 Å². The van der Waals surface area contributed by atoms with Crippen LogP contribution in [0, 0.1) is 11.8 Å². The van der Waals surface area contributed by atoms with Crippen LogP contribution in [0.25, 0.3) is 0 Å². The van der Waals surface area contributed by atoms with Crippen LogP contribution < -0.4 is 9.47 Å². The number of esters is 1. The van der Waals surface area contributed by atoms with Crippen LogP contribution in [0.5, 0.6) is 11.5 Å². The van der Waals surface area contributed by atoms with Crippen LogP contribution in [0.1, 0.15) is 11.7 Å². The Morgan fingerprint density at radius 2 is 2.20 bits per heavy atom. The van der Waals surface area contributed by atoms with Crippen molar-refractivity contribution in [2.24, 2.45) is 11.8 Å². The molecule has 5 nitrogen and oxygen atoms in total. The zero-order valence-corrected chi connectivity index (χ0v) is 11.2. The molecule has 0 aliphatic carbocycles. The molecule has 3 atom stereocenters. The summed E-state index contributed by atoms with van der Waals surface area (Å²) in [5, 5.41) is 0. The Hall–Kier alpha value is -2.01. The van der Waals surface area contributed by atoms with Crippen molar-refractivity contribution in [1.29, 1.82) is 0 Å². The minimum atomic E-state index is -0.312. The molecule has 1 aromatic rings. The number of benzene rings is 1. The van der Waals surface area contributed by atoms with Crippen molar-refractivity contribution < 1.29 is 23.7 Å². The number of carbonyl (C=O) groups is 1. The van der Waals surface area contributed by atoms with Crippen molar-refractivity contribution in [3.05, 3.63) is 36.4 Å². The van der Waals surface area contributed by atoms with Gasteiger partial charge in [0, 0.05) is 5.92 Å². The van der Waals surface area contributed by atoms with E-state index in [-0.39, 0.29) is 30.7 Å². The zero-order valence-electron chi connectivity index (χ0n) is 11.2. The first kappa shape index (κ1) is 13.0. The molecule has 3 rings (SSSR count). The van der Waals surface area contributed by atoms with E-state index in [0.717, 1.165) is 11.3 Å². The van der Waals surface area contributed by atoms with E-state index in [9.17, 15) is 4.79 Å². The molecule has 0 amide bonds. The Morgan fingerprint density at radius 1 is 1.40 bits per heavy atom. The second-order valence-corrected chi connectivity index (χ2v) is 4.81. The van der Waals surface area contributed by atoms with E-state index in [1.807, 2.05) is 18.2 Å². The molecule has 0 spiro atoms. The van der Waals surface area contributed by atoms with E-state index in [1.54, 1.807) is 6.08 Å². The van der Waals surface area contributed by atoms with Crippen LogP contribution in [0.3, 0.4) is 0 Å². The first-order chi connectivity index (χ1) is 9.74. The summed E-state index contributed by atoms with van der Waals surface area (Å²) in [6.45, 7) is 4.39. The molecule has 20 heavy (non-hydrogen) atoms. The van der Waals surface area contributed by atoms with Gasteiger partial charge in [-0.2, -0.15) is 0 Å². The standard InChI is InChI=1S/C15H16O5/c1-3-10-11(15(16)17-2)7-18-14(10)9-4-5-12-13(6-9)20-8-19-12/h3-6,10-11,14H,1,7-8H2,2H3/t10-,11-,14+/m0/s1. The molecule has 1 aromatic carbocycles. The van der Waals surface area contributed by atoms with Crippen LogP contribution >= 0.6 is 0 Å². The fourth-order valence-electron chi connectivity index (χ4n) is 2.71. The summed E-state index contributed by atoms with van der Waals surface area (Å²) in [5.74, 6) is 0.746. The summed E-state index contributed by atoms with van der Waals surface area (Å²) in [6, 6.07) is 5.67. The molecule has 2 aliphatic heterocycles. The lowest BCUT2D eigenvalue weighted by Gasteiger charge is -2.18. The van der Waals surface area contributed by atoms with E-state index in [0.29, 0.717) is 12.4 Å². The minimum absolute atomic E-state index is 0.108. The molecule has 0 saturated carbocycles.